The Labute approximate surface area is 158 Å². The van der Waals surface area contributed by atoms with Gasteiger partial charge in [-0.05, 0) is 36.8 Å². The van der Waals surface area contributed by atoms with Crippen molar-refractivity contribution in [3.8, 4) is 0 Å². The summed E-state index contributed by atoms with van der Waals surface area (Å²) in [5, 5.41) is 2.79. The van der Waals surface area contributed by atoms with Gasteiger partial charge in [0.25, 0.3) is 0 Å². The van der Waals surface area contributed by atoms with Gasteiger partial charge >= 0.3 is 6.18 Å². The van der Waals surface area contributed by atoms with Crippen LogP contribution in [-0.4, -0.2) is 18.4 Å². The van der Waals surface area contributed by atoms with E-state index in [2.05, 4.69) is 5.32 Å². The highest BCUT2D eigenvalue weighted by molar-refractivity contribution is 6.34. The molecule has 1 unspecified atom stereocenters. The number of aryl methyl sites for hydroxylation is 1. The molecule has 2 aromatic carbocycles. The molecule has 1 aliphatic rings. The summed E-state index contributed by atoms with van der Waals surface area (Å²) >= 11 is 6.01. The average molecular weight is 397 g/mol. The predicted molar refractivity (Wildman–Crippen MR) is 96.7 cm³/mol. The molecule has 3 rings (SSSR count). The standard InChI is InChI=1S/C19H16ClF3N2O2/c1-11-4-2-3-5-15(11)24-18(27)12-8-17(26)25(10-12)16-9-13(19(21,22)23)6-7-14(16)20/h2-7,9,12H,8,10H2,1H3,(H,24,27). The van der Waals surface area contributed by atoms with Crippen LogP contribution in [0.25, 0.3) is 0 Å². The normalized spacial score (nSPS) is 17.3. The van der Waals surface area contributed by atoms with Crippen molar-refractivity contribution in [1.29, 1.82) is 0 Å². The van der Waals surface area contributed by atoms with Crippen molar-refractivity contribution < 1.29 is 22.8 Å². The molecule has 0 aliphatic carbocycles. The van der Waals surface area contributed by atoms with E-state index in [-0.39, 0.29) is 29.6 Å². The van der Waals surface area contributed by atoms with Gasteiger partial charge in [0.15, 0.2) is 0 Å². The molecule has 0 bridgehead atoms. The zero-order valence-corrected chi connectivity index (χ0v) is 15.1. The fourth-order valence-electron chi connectivity index (χ4n) is 2.96. The maximum Gasteiger partial charge on any atom is 0.416 e. The zero-order chi connectivity index (χ0) is 19.8. The number of alkyl halides is 3. The monoisotopic (exact) mass is 396 g/mol. The molecule has 2 aromatic rings. The number of carbonyl (C=O) groups is 2. The molecule has 2 amide bonds. The number of hydrogen-bond acceptors (Lipinski definition) is 2. The van der Waals surface area contributed by atoms with E-state index in [0.717, 1.165) is 28.7 Å². The molecule has 142 valence electrons. The number of anilines is 2. The van der Waals surface area contributed by atoms with Crippen LogP contribution >= 0.6 is 11.6 Å². The number of carbonyl (C=O) groups excluding carboxylic acids is 2. The smallest absolute Gasteiger partial charge is 0.326 e. The van der Waals surface area contributed by atoms with E-state index < -0.39 is 23.6 Å². The number of nitrogens with zero attached hydrogens (tertiary/aromatic N) is 1. The highest BCUT2D eigenvalue weighted by Gasteiger charge is 2.38. The van der Waals surface area contributed by atoms with Crippen LogP contribution in [0.1, 0.15) is 17.5 Å². The summed E-state index contributed by atoms with van der Waals surface area (Å²) in [6.07, 6.45) is -4.64. The second kappa shape index (κ2) is 7.23. The minimum Gasteiger partial charge on any atom is -0.326 e. The number of nitrogens with one attached hydrogen (secondary N) is 1. The number of para-hydroxylation sites is 1. The summed E-state index contributed by atoms with van der Waals surface area (Å²) < 4.78 is 38.9. The van der Waals surface area contributed by atoms with Crippen LogP contribution in [0.2, 0.25) is 5.02 Å². The van der Waals surface area contributed by atoms with Gasteiger partial charge in [-0.25, -0.2) is 0 Å². The SMILES string of the molecule is Cc1ccccc1NC(=O)C1CC(=O)N(c2cc(C(F)(F)F)ccc2Cl)C1. The van der Waals surface area contributed by atoms with E-state index in [0.29, 0.717) is 5.69 Å². The third kappa shape index (κ3) is 4.08. The fraction of sp³-hybridized carbons (Fsp3) is 0.263. The molecule has 4 nitrogen and oxygen atoms in total. The molecule has 0 saturated carbocycles. The lowest BCUT2D eigenvalue weighted by molar-refractivity contribution is -0.137. The quantitative estimate of drug-likeness (QED) is 0.820. The topological polar surface area (TPSA) is 49.4 Å². The second-order valence-electron chi connectivity index (χ2n) is 6.37. The van der Waals surface area contributed by atoms with Crippen molar-refractivity contribution in [2.75, 3.05) is 16.8 Å². The summed E-state index contributed by atoms with van der Waals surface area (Å²) in [6, 6.07) is 9.98. The number of benzene rings is 2. The minimum atomic E-state index is -4.55. The van der Waals surface area contributed by atoms with Crippen molar-refractivity contribution in [3.05, 3.63) is 58.6 Å². The molecule has 8 heteroatoms. The van der Waals surface area contributed by atoms with Crippen LogP contribution in [-0.2, 0) is 15.8 Å². The highest BCUT2D eigenvalue weighted by Crippen LogP contribution is 2.37. The summed E-state index contributed by atoms with van der Waals surface area (Å²) in [4.78, 5) is 26.0. The van der Waals surface area contributed by atoms with Crippen molar-refractivity contribution in [2.45, 2.75) is 19.5 Å². The Hall–Kier alpha value is -2.54. The molecule has 1 fully saturated rings. The van der Waals surface area contributed by atoms with Crippen LogP contribution < -0.4 is 10.2 Å². The van der Waals surface area contributed by atoms with Gasteiger partial charge in [-0.15, -0.1) is 0 Å². The van der Waals surface area contributed by atoms with Gasteiger partial charge in [-0.3, -0.25) is 9.59 Å². The molecule has 1 atom stereocenters. The minimum absolute atomic E-state index is 0.0244. The van der Waals surface area contributed by atoms with E-state index in [9.17, 15) is 22.8 Å². The van der Waals surface area contributed by atoms with E-state index in [4.69, 9.17) is 11.6 Å². The molecule has 1 heterocycles. The van der Waals surface area contributed by atoms with E-state index in [1.807, 2.05) is 19.1 Å². The summed E-state index contributed by atoms with van der Waals surface area (Å²) in [6.45, 7) is 1.81. The van der Waals surface area contributed by atoms with Crippen LogP contribution in [0.4, 0.5) is 24.5 Å². The molecule has 0 radical (unpaired) electrons. The molecule has 1 aliphatic heterocycles. The number of hydrogen-bond donors (Lipinski definition) is 1. The van der Waals surface area contributed by atoms with Crippen LogP contribution in [0.5, 0.6) is 0 Å². The molecule has 27 heavy (non-hydrogen) atoms. The Balaban J connectivity index is 1.80. The molecular weight excluding hydrogens is 381 g/mol. The Morgan fingerprint density at radius 2 is 1.93 bits per heavy atom. The first kappa shape index (κ1) is 19.2. The van der Waals surface area contributed by atoms with Gasteiger partial charge in [0.2, 0.25) is 11.8 Å². The van der Waals surface area contributed by atoms with Crippen molar-refractivity contribution >= 4 is 34.8 Å². The maximum atomic E-state index is 13.0. The maximum absolute atomic E-state index is 13.0. The lowest BCUT2D eigenvalue weighted by atomic mass is 10.1. The van der Waals surface area contributed by atoms with Crippen LogP contribution in [0, 0.1) is 12.8 Å². The average Bonchev–Trinajstić information content (AvgIpc) is 2.98. The van der Waals surface area contributed by atoms with Gasteiger partial charge in [0, 0.05) is 18.7 Å². The molecule has 0 aromatic heterocycles. The summed E-state index contributed by atoms with van der Waals surface area (Å²) in [7, 11) is 0. The van der Waals surface area contributed by atoms with E-state index in [1.165, 1.54) is 0 Å². The van der Waals surface area contributed by atoms with Gasteiger partial charge in [-0.1, -0.05) is 29.8 Å². The molecule has 1 saturated heterocycles. The lowest BCUT2D eigenvalue weighted by Crippen LogP contribution is -2.28. The largest absolute Gasteiger partial charge is 0.416 e. The van der Waals surface area contributed by atoms with Crippen LogP contribution in [0.3, 0.4) is 0 Å². The molecular formula is C19H16ClF3N2O2. The van der Waals surface area contributed by atoms with Crippen molar-refractivity contribution in [3.63, 3.8) is 0 Å². The van der Waals surface area contributed by atoms with Crippen molar-refractivity contribution in [2.24, 2.45) is 5.92 Å². The number of amides is 2. The Kier molecular flexibility index (Phi) is 5.15. The van der Waals surface area contributed by atoms with Crippen molar-refractivity contribution in [1.82, 2.24) is 0 Å². The summed E-state index contributed by atoms with van der Waals surface area (Å²) in [5.74, 6) is -1.48. The predicted octanol–water partition coefficient (Wildman–Crippen LogP) is 4.66. The van der Waals surface area contributed by atoms with Gasteiger partial charge in [0.1, 0.15) is 0 Å². The second-order valence-corrected chi connectivity index (χ2v) is 6.78. The third-order valence-corrected chi connectivity index (χ3v) is 4.78. The highest BCUT2D eigenvalue weighted by atomic mass is 35.5. The summed E-state index contributed by atoms with van der Waals surface area (Å²) in [5.41, 5.74) is 0.559. The number of rotatable bonds is 3. The van der Waals surface area contributed by atoms with Gasteiger partial charge in [-0.2, -0.15) is 13.2 Å². The van der Waals surface area contributed by atoms with E-state index in [1.54, 1.807) is 12.1 Å². The first-order valence-corrected chi connectivity index (χ1v) is 8.58. The molecule has 1 N–H and O–H groups in total. The molecule has 0 spiro atoms. The first-order chi connectivity index (χ1) is 12.7. The Morgan fingerprint density at radius 1 is 1.22 bits per heavy atom. The van der Waals surface area contributed by atoms with E-state index >= 15 is 0 Å². The van der Waals surface area contributed by atoms with Gasteiger partial charge in [0.05, 0.1) is 22.2 Å². The van der Waals surface area contributed by atoms with Gasteiger partial charge < -0.3 is 10.2 Å². The third-order valence-electron chi connectivity index (χ3n) is 4.46. The Bertz CT molecular complexity index is 899. The van der Waals surface area contributed by atoms with Crippen LogP contribution in [0.15, 0.2) is 42.5 Å². The fourth-order valence-corrected chi connectivity index (χ4v) is 3.18. The lowest BCUT2D eigenvalue weighted by Gasteiger charge is -2.20. The zero-order valence-electron chi connectivity index (χ0n) is 14.3. The first-order valence-electron chi connectivity index (χ1n) is 8.20. The number of halogens is 4. The Morgan fingerprint density at radius 3 is 2.59 bits per heavy atom.